The second kappa shape index (κ2) is 4.99. The molecule has 1 aromatic rings. The van der Waals surface area contributed by atoms with Crippen molar-refractivity contribution in [2.75, 3.05) is 0 Å². The van der Waals surface area contributed by atoms with Gasteiger partial charge in [-0.3, -0.25) is 0 Å². The Balaban J connectivity index is 2.22. The molecular weight excluding hydrogens is 272 g/mol. The van der Waals surface area contributed by atoms with Crippen molar-refractivity contribution >= 4 is 0 Å². The zero-order valence-corrected chi connectivity index (χ0v) is 14.6. The van der Waals surface area contributed by atoms with E-state index >= 15 is 0 Å². The van der Waals surface area contributed by atoms with Gasteiger partial charge >= 0.3 is 0 Å². The van der Waals surface area contributed by atoms with Gasteiger partial charge < -0.3 is 10.2 Å². The number of hydrogen-bond acceptors (Lipinski definition) is 2. The van der Waals surface area contributed by atoms with E-state index in [1.807, 2.05) is 6.07 Å². The van der Waals surface area contributed by atoms with Gasteiger partial charge in [0.2, 0.25) is 0 Å². The highest BCUT2D eigenvalue weighted by Gasteiger charge is 2.54. The largest absolute Gasteiger partial charge is 0.508 e. The number of aromatic hydroxyl groups is 1. The normalized spacial score (nSPS) is 33.4. The molecule has 0 radical (unpaired) electrons. The summed E-state index contributed by atoms with van der Waals surface area (Å²) < 4.78 is 0. The topological polar surface area (TPSA) is 40.5 Å². The van der Waals surface area contributed by atoms with Crippen LogP contribution in [0, 0.1) is 11.3 Å². The van der Waals surface area contributed by atoms with Gasteiger partial charge in [-0.25, -0.2) is 0 Å². The first-order valence-electron chi connectivity index (χ1n) is 8.73. The fourth-order valence-corrected chi connectivity index (χ4v) is 5.44. The summed E-state index contributed by atoms with van der Waals surface area (Å²) in [5.74, 6) is 1.23. The predicted molar refractivity (Wildman–Crippen MR) is 90.4 cm³/mol. The molecule has 22 heavy (non-hydrogen) atoms. The molecule has 2 aliphatic carbocycles. The van der Waals surface area contributed by atoms with Crippen LogP contribution in [0.15, 0.2) is 12.1 Å². The van der Waals surface area contributed by atoms with Crippen LogP contribution in [0.5, 0.6) is 5.75 Å². The average molecular weight is 302 g/mol. The number of phenolic OH excluding ortho intramolecular Hbond substituents is 1. The lowest BCUT2D eigenvalue weighted by atomic mass is 9.49. The van der Waals surface area contributed by atoms with Crippen LogP contribution < -0.4 is 0 Å². The maximum absolute atomic E-state index is 10.9. The lowest BCUT2D eigenvalue weighted by Crippen LogP contribution is -2.55. The molecule has 2 nitrogen and oxygen atoms in total. The number of phenols is 1. The molecule has 3 rings (SSSR count). The zero-order chi connectivity index (χ0) is 16.3. The van der Waals surface area contributed by atoms with E-state index in [-0.39, 0.29) is 16.9 Å². The van der Waals surface area contributed by atoms with Crippen molar-refractivity contribution in [2.24, 2.45) is 11.3 Å². The molecule has 0 aromatic heterocycles. The van der Waals surface area contributed by atoms with Crippen molar-refractivity contribution in [3.63, 3.8) is 0 Å². The number of fused-ring (bicyclic) bond motifs is 3. The fraction of sp³-hybridized carbons (Fsp3) is 0.700. The van der Waals surface area contributed by atoms with E-state index in [2.05, 4.69) is 40.7 Å². The average Bonchev–Trinajstić information content (AvgIpc) is 2.42. The van der Waals surface area contributed by atoms with E-state index in [4.69, 9.17) is 0 Å². The van der Waals surface area contributed by atoms with Crippen molar-refractivity contribution in [2.45, 2.75) is 77.7 Å². The summed E-state index contributed by atoms with van der Waals surface area (Å²) in [5.41, 5.74) is 3.75. The van der Waals surface area contributed by atoms with Crippen LogP contribution in [-0.2, 0) is 11.8 Å². The number of aliphatic hydroxyl groups is 1. The molecule has 0 spiro atoms. The van der Waals surface area contributed by atoms with E-state index in [0.29, 0.717) is 17.6 Å². The predicted octanol–water partition coefficient (Wildman–Crippen LogP) is 4.52. The minimum absolute atomic E-state index is 0.188. The van der Waals surface area contributed by atoms with Crippen LogP contribution in [0.3, 0.4) is 0 Å². The lowest BCUT2D eigenvalue weighted by molar-refractivity contribution is -0.0592. The minimum Gasteiger partial charge on any atom is -0.508 e. The summed E-state index contributed by atoms with van der Waals surface area (Å²) in [6.45, 7) is 11.3. The first kappa shape index (κ1) is 15.9. The molecule has 3 atom stereocenters. The Hall–Kier alpha value is -1.02. The van der Waals surface area contributed by atoms with Crippen LogP contribution in [0.1, 0.15) is 76.5 Å². The van der Waals surface area contributed by atoms with E-state index in [9.17, 15) is 10.2 Å². The standard InChI is InChI=1S/C20H30O2/c1-12(2)18-13-6-9-16-19(3,4)11-10-17(22)20(16,5)14(13)7-8-15(18)21/h7-8,12,16-17,21-22H,6,9-11H2,1-5H3/t16?,17-,20+/m0/s1. The Morgan fingerprint density at radius 1 is 1.14 bits per heavy atom. The third-order valence-electron chi connectivity index (χ3n) is 6.60. The number of hydrogen-bond donors (Lipinski definition) is 2. The highest BCUT2D eigenvalue weighted by Crippen LogP contribution is 2.58. The Morgan fingerprint density at radius 3 is 2.45 bits per heavy atom. The maximum Gasteiger partial charge on any atom is 0.119 e. The van der Waals surface area contributed by atoms with Gasteiger partial charge in [0.15, 0.2) is 0 Å². The summed E-state index contributed by atoms with van der Waals surface area (Å²) in [4.78, 5) is 0. The molecule has 1 unspecified atom stereocenters. The molecule has 1 saturated carbocycles. The molecule has 1 aromatic carbocycles. The number of aliphatic hydroxyl groups excluding tert-OH is 1. The van der Waals surface area contributed by atoms with Gasteiger partial charge in [0.05, 0.1) is 6.10 Å². The molecule has 2 aliphatic rings. The van der Waals surface area contributed by atoms with Crippen molar-refractivity contribution in [1.29, 1.82) is 0 Å². The number of rotatable bonds is 1. The monoisotopic (exact) mass is 302 g/mol. The fourth-order valence-electron chi connectivity index (χ4n) is 5.44. The zero-order valence-electron chi connectivity index (χ0n) is 14.6. The minimum atomic E-state index is -0.283. The van der Waals surface area contributed by atoms with Crippen molar-refractivity contribution in [3.05, 3.63) is 28.8 Å². The van der Waals surface area contributed by atoms with Gasteiger partial charge in [0, 0.05) is 5.41 Å². The first-order chi connectivity index (χ1) is 10.2. The third-order valence-corrected chi connectivity index (χ3v) is 6.60. The van der Waals surface area contributed by atoms with E-state index in [0.717, 1.165) is 31.2 Å². The van der Waals surface area contributed by atoms with Gasteiger partial charge in [-0.2, -0.15) is 0 Å². The first-order valence-corrected chi connectivity index (χ1v) is 8.73. The van der Waals surface area contributed by atoms with E-state index in [1.54, 1.807) is 0 Å². The quantitative estimate of drug-likeness (QED) is 0.801. The van der Waals surface area contributed by atoms with E-state index in [1.165, 1.54) is 11.1 Å². The van der Waals surface area contributed by atoms with Gasteiger partial charge in [-0.05, 0) is 65.7 Å². The maximum atomic E-state index is 10.9. The Kier molecular flexibility index (Phi) is 3.60. The van der Waals surface area contributed by atoms with Crippen molar-refractivity contribution < 1.29 is 10.2 Å². The van der Waals surface area contributed by atoms with Gasteiger partial charge in [0.25, 0.3) is 0 Å². The van der Waals surface area contributed by atoms with Crippen LogP contribution in [-0.4, -0.2) is 16.3 Å². The Bertz CT molecular complexity index is 588. The van der Waals surface area contributed by atoms with Gasteiger partial charge in [0.1, 0.15) is 5.75 Å². The van der Waals surface area contributed by atoms with Crippen molar-refractivity contribution in [3.8, 4) is 5.75 Å². The molecule has 2 heteroatoms. The van der Waals surface area contributed by atoms with E-state index < -0.39 is 0 Å². The molecule has 122 valence electrons. The highest BCUT2D eigenvalue weighted by molar-refractivity contribution is 5.51. The summed E-state index contributed by atoms with van der Waals surface area (Å²) in [7, 11) is 0. The Morgan fingerprint density at radius 2 is 1.82 bits per heavy atom. The van der Waals surface area contributed by atoms with Crippen LogP contribution in [0.25, 0.3) is 0 Å². The summed E-state index contributed by atoms with van der Waals surface area (Å²) >= 11 is 0. The van der Waals surface area contributed by atoms with Gasteiger partial charge in [-0.1, -0.05) is 40.7 Å². The van der Waals surface area contributed by atoms with Crippen molar-refractivity contribution in [1.82, 2.24) is 0 Å². The Labute approximate surface area is 134 Å². The van der Waals surface area contributed by atoms with Crippen LogP contribution in [0.4, 0.5) is 0 Å². The molecule has 0 amide bonds. The second-order valence-electron chi connectivity index (χ2n) is 8.60. The lowest BCUT2D eigenvalue weighted by Gasteiger charge is -2.56. The molecule has 1 fully saturated rings. The third kappa shape index (κ3) is 2.03. The summed E-state index contributed by atoms with van der Waals surface area (Å²) in [6, 6.07) is 3.92. The molecule has 0 bridgehead atoms. The second-order valence-corrected chi connectivity index (χ2v) is 8.60. The molecular formula is C20H30O2. The molecule has 2 N–H and O–H groups in total. The van der Waals surface area contributed by atoms with Crippen LogP contribution in [0.2, 0.25) is 0 Å². The number of benzene rings is 1. The molecule has 0 saturated heterocycles. The molecule has 0 heterocycles. The summed E-state index contributed by atoms with van der Waals surface area (Å²) in [6.07, 6.45) is 3.81. The van der Waals surface area contributed by atoms with Gasteiger partial charge in [-0.15, -0.1) is 0 Å². The molecule has 0 aliphatic heterocycles. The highest BCUT2D eigenvalue weighted by atomic mass is 16.3. The SMILES string of the molecule is CC(C)c1c(O)ccc2c1CCC1C(C)(C)CC[C@H](O)[C@]21C. The smallest absolute Gasteiger partial charge is 0.119 e. The summed E-state index contributed by atoms with van der Waals surface area (Å²) in [5, 5.41) is 21.2. The van der Waals surface area contributed by atoms with Crippen LogP contribution >= 0.6 is 0 Å².